The number of fused-ring (bicyclic) bond motifs is 2. The van der Waals surface area contributed by atoms with Crippen LogP contribution < -0.4 is 0 Å². The predicted molar refractivity (Wildman–Crippen MR) is 127 cm³/mol. The Bertz CT molecular complexity index is 1390. The fourth-order valence-corrected chi connectivity index (χ4v) is 4.66. The zero-order chi connectivity index (χ0) is 24.0. The zero-order valence-corrected chi connectivity index (χ0v) is 20.3. The molecule has 4 aromatic rings. The molecule has 1 aliphatic rings. The lowest BCUT2D eigenvalue weighted by molar-refractivity contribution is -0.0265. The molecule has 0 aliphatic carbocycles. The van der Waals surface area contributed by atoms with E-state index in [0.29, 0.717) is 47.8 Å². The molecule has 1 N–H and O–H groups in total. The molecule has 1 saturated heterocycles. The summed E-state index contributed by atoms with van der Waals surface area (Å²) in [5.74, 6) is -1.46. The first kappa shape index (κ1) is 22.6. The van der Waals surface area contributed by atoms with Gasteiger partial charge in [-0.2, -0.15) is 5.10 Å². The fraction of sp³-hybridized carbons (Fsp3) is 0.391. The molecular formula is C23H26FN5O4Si. The number of carbonyl (C=O) groups is 1. The summed E-state index contributed by atoms with van der Waals surface area (Å²) in [6, 6.07) is 5.49. The largest absolute Gasteiger partial charge is 0.478 e. The molecule has 1 aliphatic heterocycles. The van der Waals surface area contributed by atoms with Crippen molar-refractivity contribution < 1.29 is 23.8 Å². The molecule has 0 saturated carbocycles. The third kappa shape index (κ3) is 4.22. The SMILES string of the molecule is C[Si](C)(C)CCOCn1cc(C(=O)O)c2nc(-c3nn(C4COC4)c4cc(F)ccc34)cnc21. The van der Waals surface area contributed by atoms with E-state index in [0.717, 1.165) is 6.04 Å². The molecule has 4 heterocycles. The lowest BCUT2D eigenvalue weighted by atomic mass is 10.1. The van der Waals surface area contributed by atoms with Gasteiger partial charge in [-0.1, -0.05) is 19.6 Å². The van der Waals surface area contributed by atoms with Gasteiger partial charge in [-0.3, -0.25) is 4.68 Å². The van der Waals surface area contributed by atoms with Crippen LogP contribution in [0.2, 0.25) is 25.7 Å². The number of aromatic carboxylic acids is 1. The highest BCUT2D eigenvalue weighted by atomic mass is 28.3. The summed E-state index contributed by atoms with van der Waals surface area (Å²) < 4.78 is 28.5. The van der Waals surface area contributed by atoms with Crippen LogP contribution in [0.1, 0.15) is 16.4 Å². The molecule has 0 radical (unpaired) electrons. The van der Waals surface area contributed by atoms with Crippen LogP contribution in [0.25, 0.3) is 33.5 Å². The average molecular weight is 484 g/mol. The monoisotopic (exact) mass is 483 g/mol. The minimum absolute atomic E-state index is 0.0127. The topological polar surface area (TPSA) is 104 Å². The minimum Gasteiger partial charge on any atom is -0.478 e. The van der Waals surface area contributed by atoms with Crippen LogP contribution in [0.3, 0.4) is 0 Å². The van der Waals surface area contributed by atoms with E-state index in [-0.39, 0.29) is 29.7 Å². The van der Waals surface area contributed by atoms with Crippen molar-refractivity contribution in [2.45, 2.75) is 38.5 Å². The van der Waals surface area contributed by atoms with Crippen molar-refractivity contribution in [2.24, 2.45) is 0 Å². The van der Waals surface area contributed by atoms with Gasteiger partial charge in [0.1, 0.15) is 35.0 Å². The molecule has 34 heavy (non-hydrogen) atoms. The third-order valence-corrected chi connectivity index (χ3v) is 7.61. The van der Waals surface area contributed by atoms with Crippen LogP contribution in [-0.2, 0) is 16.2 Å². The van der Waals surface area contributed by atoms with Gasteiger partial charge >= 0.3 is 5.97 Å². The van der Waals surface area contributed by atoms with Gasteiger partial charge in [-0.25, -0.2) is 19.2 Å². The van der Waals surface area contributed by atoms with Crippen molar-refractivity contribution in [3.05, 3.63) is 42.0 Å². The molecule has 1 aromatic carbocycles. The minimum atomic E-state index is -1.23. The van der Waals surface area contributed by atoms with Crippen LogP contribution in [0, 0.1) is 5.82 Å². The summed E-state index contributed by atoms with van der Waals surface area (Å²) in [6.45, 7) is 8.62. The Morgan fingerprint density at radius 1 is 1.32 bits per heavy atom. The van der Waals surface area contributed by atoms with E-state index in [2.05, 4.69) is 34.7 Å². The highest BCUT2D eigenvalue weighted by Gasteiger charge is 2.26. The molecule has 178 valence electrons. The van der Waals surface area contributed by atoms with Gasteiger partial charge in [0.05, 0.1) is 31.0 Å². The van der Waals surface area contributed by atoms with Crippen molar-refractivity contribution in [3.63, 3.8) is 0 Å². The van der Waals surface area contributed by atoms with E-state index < -0.39 is 14.0 Å². The molecule has 3 aromatic heterocycles. The molecule has 0 amide bonds. The number of nitrogens with zero attached hydrogens (tertiary/aromatic N) is 5. The number of hydrogen-bond acceptors (Lipinski definition) is 6. The van der Waals surface area contributed by atoms with Crippen LogP contribution in [-0.4, -0.2) is 63.3 Å². The third-order valence-electron chi connectivity index (χ3n) is 5.90. The van der Waals surface area contributed by atoms with Gasteiger partial charge in [0.15, 0.2) is 5.65 Å². The Hall–Kier alpha value is -3.15. The number of ether oxygens (including phenoxy) is 2. The van der Waals surface area contributed by atoms with Gasteiger partial charge in [0.2, 0.25) is 0 Å². The number of benzene rings is 1. The van der Waals surface area contributed by atoms with Gasteiger partial charge < -0.3 is 19.1 Å². The van der Waals surface area contributed by atoms with Crippen LogP contribution in [0.15, 0.2) is 30.6 Å². The zero-order valence-electron chi connectivity index (χ0n) is 19.3. The number of hydrogen-bond donors (Lipinski definition) is 1. The second kappa shape index (κ2) is 8.57. The van der Waals surface area contributed by atoms with Gasteiger partial charge in [0.25, 0.3) is 0 Å². The molecule has 1 fully saturated rings. The van der Waals surface area contributed by atoms with Gasteiger partial charge in [-0.05, 0) is 24.2 Å². The second-order valence-corrected chi connectivity index (χ2v) is 15.4. The smallest absolute Gasteiger partial charge is 0.339 e. The lowest BCUT2D eigenvalue weighted by Crippen LogP contribution is -2.31. The molecule has 0 bridgehead atoms. The Labute approximate surface area is 196 Å². The molecule has 11 heteroatoms. The van der Waals surface area contributed by atoms with E-state index in [1.54, 1.807) is 21.5 Å². The highest BCUT2D eigenvalue weighted by molar-refractivity contribution is 6.76. The number of halogens is 1. The Morgan fingerprint density at radius 2 is 2.12 bits per heavy atom. The normalized spacial score (nSPS) is 14.7. The standard InChI is InChI=1S/C23H26FN5O4Si/c1-34(2,3)7-6-32-13-28-10-17(23(30)31)21-22(28)25-9-18(26-21)20-16-5-4-14(24)8-19(16)29(27-20)15-11-33-12-15/h4-5,8-10,15H,6-7,11-13H2,1-3H3,(H,30,31). The molecule has 0 spiro atoms. The van der Waals surface area contributed by atoms with Crippen molar-refractivity contribution in [1.82, 2.24) is 24.3 Å². The molecule has 5 rings (SSSR count). The first-order valence-electron chi connectivity index (χ1n) is 11.1. The van der Waals surface area contributed by atoms with Crippen LogP contribution in [0.4, 0.5) is 4.39 Å². The summed E-state index contributed by atoms with van der Waals surface area (Å²) in [5, 5.41) is 15.2. The highest BCUT2D eigenvalue weighted by Crippen LogP contribution is 2.32. The van der Waals surface area contributed by atoms with E-state index in [4.69, 9.17) is 9.47 Å². The van der Waals surface area contributed by atoms with Crippen LogP contribution in [0.5, 0.6) is 0 Å². The molecular weight excluding hydrogens is 457 g/mol. The van der Waals surface area contributed by atoms with Crippen molar-refractivity contribution in [2.75, 3.05) is 19.8 Å². The summed E-state index contributed by atoms with van der Waals surface area (Å²) in [6.07, 6.45) is 3.07. The summed E-state index contributed by atoms with van der Waals surface area (Å²) in [7, 11) is -1.23. The summed E-state index contributed by atoms with van der Waals surface area (Å²) in [5.41, 5.74) is 2.30. The van der Waals surface area contributed by atoms with Crippen LogP contribution >= 0.6 is 0 Å². The summed E-state index contributed by atoms with van der Waals surface area (Å²) >= 11 is 0. The van der Waals surface area contributed by atoms with Crippen molar-refractivity contribution in [1.29, 1.82) is 0 Å². The van der Waals surface area contributed by atoms with Crippen molar-refractivity contribution in [3.8, 4) is 11.4 Å². The Balaban J connectivity index is 1.54. The molecule has 0 atom stereocenters. The van der Waals surface area contributed by atoms with E-state index >= 15 is 0 Å². The maximum absolute atomic E-state index is 14.0. The number of carboxylic acid groups (broad SMARTS) is 1. The van der Waals surface area contributed by atoms with Gasteiger partial charge in [-0.15, -0.1) is 0 Å². The van der Waals surface area contributed by atoms with Crippen molar-refractivity contribution >= 4 is 36.1 Å². The summed E-state index contributed by atoms with van der Waals surface area (Å²) in [4.78, 5) is 21.1. The molecule has 9 nitrogen and oxygen atoms in total. The first-order valence-corrected chi connectivity index (χ1v) is 14.8. The van der Waals surface area contributed by atoms with Gasteiger partial charge in [0, 0.05) is 26.3 Å². The lowest BCUT2D eigenvalue weighted by Gasteiger charge is -2.26. The first-order chi connectivity index (χ1) is 16.2. The predicted octanol–water partition coefficient (Wildman–Crippen LogP) is 4.17. The Morgan fingerprint density at radius 3 is 2.79 bits per heavy atom. The average Bonchev–Trinajstić information content (AvgIpc) is 3.28. The number of carboxylic acids is 1. The van der Waals surface area contributed by atoms with E-state index in [9.17, 15) is 14.3 Å². The number of aromatic nitrogens is 5. The maximum atomic E-state index is 14.0. The second-order valence-electron chi connectivity index (χ2n) is 9.74. The van der Waals surface area contributed by atoms with E-state index in [1.807, 2.05) is 0 Å². The molecule has 0 unspecified atom stereocenters. The Kier molecular flexibility index (Phi) is 5.70. The maximum Gasteiger partial charge on any atom is 0.339 e. The fourth-order valence-electron chi connectivity index (χ4n) is 3.90. The quantitative estimate of drug-likeness (QED) is 0.296. The van der Waals surface area contributed by atoms with E-state index in [1.165, 1.54) is 18.3 Å². The number of rotatable bonds is 8.